The van der Waals surface area contributed by atoms with Crippen LogP contribution in [0.4, 0.5) is 4.39 Å². The van der Waals surface area contributed by atoms with Crippen molar-refractivity contribution in [2.45, 2.75) is 26.0 Å². The summed E-state index contributed by atoms with van der Waals surface area (Å²) in [6.07, 6.45) is 3.93. The van der Waals surface area contributed by atoms with Crippen LogP contribution in [0.3, 0.4) is 0 Å². The van der Waals surface area contributed by atoms with Crippen LogP contribution in [0, 0.1) is 12.7 Å². The smallest absolute Gasteiger partial charge is 0.127 e. The van der Waals surface area contributed by atoms with E-state index in [1.165, 1.54) is 17.8 Å². The highest BCUT2D eigenvalue weighted by atomic mass is 32.2. The van der Waals surface area contributed by atoms with Crippen molar-refractivity contribution < 1.29 is 9.50 Å². The third-order valence-electron chi connectivity index (χ3n) is 2.88. The van der Waals surface area contributed by atoms with Crippen molar-refractivity contribution in [2.75, 3.05) is 0 Å². The number of hydrogen-bond acceptors (Lipinski definition) is 3. The number of aliphatic imine (C=N–C) groups is 1. The standard InChI is InChI=1S/C15H16FNOS/c1-10-4-3-5-14(16)13(10)9-19-15-7-6-12(18)8-11(2)17-15/h3-6,8,18H,7,9H2,1-2H3. The minimum Gasteiger partial charge on any atom is -0.508 e. The molecule has 1 aromatic carbocycles. The monoisotopic (exact) mass is 277 g/mol. The largest absolute Gasteiger partial charge is 0.508 e. The lowest BCUT2D eigenvalue weighted by atomic mass is 10.1. The van der Waals surface area contributed by atoms with E-state index in [1.807, 2.05) is 19.9 Å². The van der Waals surface area contributed by atoms with E-state index in [0.29, 0.717) is 17.7 Å². The Morgan fingerprint density at radius 3 is 2.89 bits per heavy atom. The molecule has 1 aliphatic heterocycles. The Kier molecular flexibility index (Phi) is 4.43. The number of rotatable bonds is 2. The first kappa shape index (κ1) is 13.9. The molecule has 0 saturated carbocycles. The molecule has 0 aromatic heterocycles. The van der Waals surface area contributed by atoms with E-state index in [2.05, 4.69) is 4.99 Å². The van der Waals surface area contributed by atoms with E-state index in [-0.39, 0.29) is 11.6 Å². The molecule has 1 heterocycles. The lowest BCUT2D eigenvalue weighted by molar-refractivity contribution is 0.430. The summed E-state index contributed by atoms with van der Waals surface area (Å²) in [5.74, 6) is 0.616. The maximum atomic E-state index is 13.7. The van der Waals surface area contributed by atoms with E-state index < -0.39 is 0 Å². The minimum atomic E-state index is -0.174. The van der Waals surface area contributed by atoms with E-state index in [0.717, 1.165) is 16.3 Å². The Bertz CT molecular complexity index is 555. The maximum Gasteiger partial charge on any atom is 0.127 e. The summed E-state index contributed by atoms with van der Waals surface area (Å²) >= 11 is 1.51. The molecule has 1 aromatic rings. The Labute approximate surface area is 116 Å². The summed E-state index contributed by atoms with van der Waals surface area (Å²) in [5, 5.41) is 10.4. The van der Waals surface area contributed by atoms with Crippen molar-refractivity contribution in [1.29, 1.82) is 0 Å². The normalized spacial score (nSPS) is 15.4. The third kappa shape index (κ3) is 3.70. The van der Waals surface area contributed by atoms with Gasteiger partial charge in [0.25, 0.3) is 0 Å². The number of thioether (sulfide) groups is 1. The van der Waals surface area contributed by atoms with Crippen molar-refractivity contribution in [3.05, 3.63) is 58.8 Å². The first-order chi connectivity index (χ1) is 9.06. The summed E-state index contributed by atoms with van der Waals surface area (Å²) in [6.45, 7) is 3.75. The number of aliphatic hydroxyl groups is 1. The van der Waals surface area contributed by atoms with Crippen LogP contribution < -0.4 is 0 Å². The number of benzene rings is 1. The molecule has 4 heteroatoms. The highest BCUT2D eigenvalue weighted by Gasteiger charge is 2.09. The van der Waals surface area contributed by atoms with Gasteiger partial charge in [-0.15, -0.1) is 11.8 Å². The van der Waals surface area contributed by atoms with Gasteiger partial charge < -0.3 is 5.11 Å². The summed E-state index contributed by atoms with van der Waals surface area (Å²) in [7, 11) is 0. The second-order valence-electron chi connectivity index (χ2n) is 4.45. The van der Waals surface area contributed by atoms with Crippen molar-refractivity contribution in [3.8, 4) is 0 Å². The molecule has 0 aliphatic carbocycles. The van der Waals surface area contributed by atoms with Gasteiger partial charge in [-0.1, -0.05) is 12.1 Å². The Morgan fingerprint density at radius 2 is 2.16 bits per heavy atom. The highest BCUT2D eigenvalue weighted by Crippen LogP contribution is 2.24. The van der Waals surface area contributed by atoms with E-state index in [1.54, 1.807) is 18.2 Å². The molecule has 0 unspecified atom stereocenters. The first-order valence-electron chi connectivity index (χ1n) is 6.08. The highest BCUT2D eigenvalue weighted by molar-refractivity contribution is 8.13. The molecule has 0 fully saturated rings. The molecule has 2 rings (SSSR count). The molecule has 0 spiro atoms. The van der Waals surface area contributed by atoms with Gasteiger partial charge in [-0.25, -0.2) is 4.39 Å². The average molecular weight is 277 g/mol. The predicted octanol–water partition coefficient (Wildman–Crippen LogP) is 4.52. The molecule has 1 aliphatic rings. The molecule has 0 atom stereocenters. The molecule has 19 heavy (non-hydrogen) atoms. The summed E-state index contributed by atoms with van der Waals surface area (Å²) in [6, 6.07) is 5.11. The molecule has 0 saturated heterocycles. The third-order valence-corrected chi connectivity index (χ3v) is 3.90. The number of hydrogen-bond donors (Lipinski definition) is 1. The van der Waals surface area contributed by atoms with Crippen molar-refractivity contribution in [2.24, 2.45) is 4.99 Å². The average Bonchev–Trinajstić information content (AvgIpc) is 2.49. The van der Waals surface area contributed by atoms with Gasteiger partial charge in [-0.3, -0.25) is 4.99 Å². The second kappa shape index (κ2) is 6.06. The molecule has 0 bridgehead atoms. The van der Waals surface area contributed by atoms with Crippen molar-refractivity contribution in [3.63, 3.8) is 0 Å². The van der Waals surface area contributed by atoms with Crippen LogP contribution in [0.1, 0.15) is 24.5 Å². The Morgan fingerprint density at radius 1 is 1.37 bits per heavy atom. The molecular weight excluding hydrogens is 261 g/mol. The number of aliphatic hydroxyl groups excluding tert-OH is 1. The Balaban J connectivity index is 2.10. The number of allylic oxidation sites excluding steroid dienone is 3. The van der Waals surface area contributed by atoms with Gasteiger partial charge in [0.15, 0.2) is 0 Å². The molecule has 100 valence electrons. The second-order valence-corrected chi connectivity index (χ2v) is 5.50. The van der Waals surface area contributed by atoms with Gasteiger partial charge in [0, 0.05) is 29.5 Å². The van der Waals surface area contributed by atoms with Crippen LogP contribution in [-0.2, 0) is 5.75 Å². The van der Waals surface area contributed by atoms with Gasteiger partial charge in [-0.05, 0) is 31.6 Å². The summed E-state index contributed by atoms with van der Waals surface area (Å²) < 4.78 is 13.7. The zero-order valence-electron chi connectivity index (χ0n) is 11.0. The van der Waals surface area contributed by atoms with Crippen LogP contribution in [0.25, 0.3) is 0 Å². The van der Waals surface area contributed by atoms with Crippen LogP contribution >= 0.6 is 11.8 Å². The molecule has 2 nitrogen and oxygen atoms in total. The molecular formula is C15H16FNOS. The first-order valence-corrected chi connectivity index (χ1v) is 7.06. The Hall–Kier alpha value is -1.55. The van der Waals surface area contributed by atoms with Crippen molar-refractivity contribution >= 4 is 16.8 Å². The van der Waals surface area contributed by atoms with E-state index in [9.17, 15) is 9.50 Å². The molecule has 0 amide bonds. The zero-order chi connectivity index (χ0) is 13.8. The van der Waals surface area contributed by atoms with Crippen LogP contribution in [0.15, 0.2) is 46.8 Å². The summed E-state index contributed by atoms with van der Waals surface area (Å²) in [4.78, 5) is 4.41. The molecule has 0 radical (unpaired) electrons. The van der Waals surface area contributed by atoms with Gasteiger partial charge in [0.2, 0.25) is 0 Å². The fraction of sp³-hybridized carbons (Fsp3) is 0.267. The van der Waals surface area contributed by atoms with Crippen LogP contribution in [-0.4, -0.2) is 10.2 Å². The quantitative estimate of drug-likeness (QED) is 0.862. The zero-order valence-corrected chi connectivity index (χ0v) is 11.8. The SMILES string of the molecule is CC1=CC(O)=CCC(SCc2c(C)cccc2F)=N1. The fourth-order valence-corrected chi connectivity index (χ4v) is 2.92. The molecule has 1 N–H and O–H groups in total. The number of halogens is 1. The van der Waals surface area contributed by atoms with E-state index >= 15 is 0 Å². The minimum absolute atomic E-state index is 0.174. The number of aryl methyl sites for hydroxylation is 1. The van der Waals surface area contributed by atoms with Crippen molar-refractivity contribution in [1.82, 2.24) is 0 Å². The fourth-order valence-electron chi connectivity index (χ4n) is 1.84. The van der Waals surface area contributed by atoms with Gasteiger partial charge >= 0.3 is 0 Å². The van der Waals surface area contributed by atoms with Crippen LogP contribution in [0.5, 0.6) is 0 Å². The summed E-state index contributed by atoms with van der Waals surface area (Å²) in [5.41, 5.74) is 2.43. The van der Waals surface area contributed by atoms with Gasteiger partial charge in [0.1, 0.15) is 11.6 Å². The number of nitrogens with zero attached hydrogens (tertiary/aromatic N) is 1. The lowest BCUT2D eigenvalue weighted by Crippen LogP contribution is -1.96. The van der Waals surface area contributed by atoms with Crippen LogP contribution in [0.2, 0.25) is 0 Å². The van der Waals surface area contributed by atoms with Gasteiger partial charge in [0.05, 0.1) is 5.04 Å². The van der Waals surface area contributed by atoms with E-state index in [4.69, 9.17) is 0 Å². The maximum absolute atomic E-state index is 13.7. The predicted molar refractivity (Wildman–Crippen MR) is 79.0 cm³/mol. The van der Waals surface area contributed by atoms with Gasteiger partial charge in [-0.2, -0.15) is 0 Å². The topological polar surface area (TPSA) is 32.6 Å². The lowest BCUT2D eigenvalue weighted by Gasteiger charge is -2.07.